The third-order valence-electron chi connectivity index (χ3n) is 6.22. The van der Waals surface area contributed by atoms with Crippen LogP contribution in [-0.2, 0) is 27.9 Å². The molecule has 7 nitrogen and oxygen atoms in total. The maximum atomic E-state index is 12.8. The molecule has 3 aromatic rings. The number of aromatic nitrogens is 2. The van der Waals surface area contributed by atoms with Crippen molar-refractivity contribution in [2.24, 2.45) is 5.92 Å². The Hall–Kier alpha value is -2.97. The highest BCUT2D eigenvalue weighted by Crippen LogP contribution is 2.25. The molecule has 2 aromatic carbocycles. The average Bonchev–Trinajstić information content (AvgIpc) is 3.36. The Labute approximate surface area is 195 Å². The largest absolute Gasteiger partial charge is 0.352 e. The summed E-state index contributed by atoms with van der Waals surface area (Å²) in [5, 5.41) is 7.32. The van der Waals surface area contributed by atoms with Crippen molar-refractivity contribution in [3.8, 4) is 11.1 Å². The summed E-state index contributed by atoms with van der Waals surface area (Å²) in [5.41, 5.74) is 4.41. The molecule has 1 aliphatic rings. The van der Waals surface area contributed by atoms with E-state index in [0.29, 0.717) is 32.5 Å². The van der Waals surface area contributed by atoms with Crippen molar-refractivity contribution in [1.29, 1.82) is 0 Å². The van der Waals surface area contributed by atoms with E-state index in [1.54, 1.807) is 13.1 Å². The van der Waals surface area contributed by atoms with Crippen LogP contribution in [0.3, 0.4) is 0 Å². The number of benzene rings is 2. The van der Waals surface area contributed by atoms with Crippen LogP contribution in [0.4, 0.5) is 0 Å². The average molecular weight is 467 g/mol. The Bertz CT molecular complexity index is 1170. The van der Waals surface area contributed by atoms with E-state index < -0.39 is 10.0 Å². The number of sulfonamides is 1. The van der Waals surface area contributed by atoms with Gasteiger partial charge in [0.2, 0.25) is 15.9 Å². The fraction of sp³-hybridized carbons (Fsp3) is 0.360. The third kappa shape index (κ3) is 5.69. The summed E-state index contributed by atoms with van der Waals surface area (Å²) in [5.74, 6) is -0.0554. The van der Waals surface area contributed by atoms with E-state index in [1.165, 1.54) is 9.87 Å². The van der Waals surface area contributed by atoms with Gasteiger partial charge in [-0.3, -0.25) is 9.48 Å². The Balaban J connectivity index is 1.37. The zero-order chi connectivity index (χ0) is 23.3. The lowest BCUT2D eigenvalue weighted by Gasteiger charge is -2.30. The van der Waals surface area contributed by atoms with Gasteiger partial charge in [-0.2, -0.15) is 5.10 Å². The zero-order valence-electron chi connectivity index (χ0n) is 18.9. The molecule has 1 aliphatic heterocycles. The first-order chi connectivity index (χ1) is 16.0. The molecule has 0 radical (unpaired) electrons. The number of piperidine rings is 1. The van der Waals surface area contributed by atoms with Gasteiger partial charge in [-0.25, -0.2) is 12.7 Å². The van der Waals surface area contributed by atoms with Crippen LogP contribution in [-0.4, -0.2) is 47.3 Å². The van der Waals surface area contributed by atoms with Crippen molar-refractivity contribution in [1.82, 2.24) is 19.4 Å². The number of rotatable bonds is 8. The summed E-state index contributed by atoms with van der Waals surface area (Å²) < 4.78 is 27.5. The number of amides is 1. The van der Waals surface area contributed by atoms with Gasteiger partial charge in [0.1, 0.15) is 0 Å². The molecule has 1 aromatic heterocycles. The van der Waals surface area contributed by atoms with Gasteiger partial charge in [0, 0.05) is 37.9 Å². The molecule has 33 heavy (non-hydrogen) atoms. The second-order valence-corrected chi connectivity index (χ2v) is 10.6. The lowest BCUT2D eigenvalue weighted by Crippen LogP contribution is -2.43. The van der Waals surface area contributed by atoms with Crippen LogP contribution in [0.15, 0.2) is 67.0 Å². The molecule has 0 aliphatic carbocycles. The minimum Gasteiger partial charge on any atom is -0.352 e. The van der Waals surface area contributed by atoms with Crippen molar-refractivity contribution in [3.05, 3.63) is 78.1 Å². The van der Waals surface area contributed by atoms with E-state index >= 15 is 0 Å². The maximum absolute atomic E-state index is 12.8. The summed E-state index contributed by atoms with van der Waals surface area (Å²) in [6, 6.07) is 18.4. The molecular formula is C25H30N4O3S. The van der Waals surface area contributed by atoms with Gasteiger partial charge < -0.3 is 5.32 Å². The minimum absolute atomic E-state index is 0.00656. The predicted octanol–water partition coefficient (Wildman–Crippen LogP) is 3.28. The summed E-state index contributed by atoms with van der Waals surface area (Å²) in [6.07, 6.45) is 4.84. The first kappa shape index (κ1) is 23.2. The van der Waals surface area contributed by atoms with Gasteiger partial charge >= 0.3 is 0 Å². The van der Waals surface area contributed by atoms with Crippen molar-refractivity contribution < 1.29 is 13.2 Å². The van der Waals surface area contributed by atoms with Crippen molar-refractivity contribution >= 4 is 15.9 Å². The SMILES string of the molecule is CCS(=O)(=O)N1CCC(C(=O)NCc2ccccc2-c2ccc(Cn3cccn3)cc2)CC1. The van der Waals surface area contributed by atoms with E-state index in [2.05, 4.69) is 40.7 Å². The van der Waals surface area contributed by atoms with E-state index in [4.69, 9.17) is 0 Å². The molecule has 4 rings (SSSR count). The van der Waals surface area contributed by atoms with Gasteiger partial charge in [-0.05, 0) is 48.1 Å². The predicted molar refractivity (Wildman–Crippen MR) is 129 cm³/mol. The molecule has 0 saturated carbocycles. The second-order valence-electron chi connectivity index (χ2n) is 8.35. The van der Waals surface area contributed by atoms with Gasteiger partial charge in [0.05, 0.1) is 12.3 Å². The maximum Gasteiger partial charge on any atom is 0.223 e. The summed E-state index contributed by atoms with van der Waals surface area (Å²) >= 11 is 0. The smallest absolute Gasteiger partial charge is 0.223 e. The molecule has 2 heterocycles. The van der Waals surface area contributed by atoms with E-state index in [-0.39, 0.29) is 17.6 Å². The topological polar surface area (TPSA) is 84.3 Å². The molecule has 1 N–H and O–H groups in total. The standard InChI is InChI=1S/C25H30N4O3S/c1-2-33(31,32)29-16-12-22(13-17-29)25(30)26-18-23-6-3-4-7-24(23)21-10-8-20(9-11-21)19-28-15-5-14-27-28/h3-11,14-15,22H,2,12-13,16-19H2,1H3,(H,26,30). The summed E-state index contributed by atoms with van der Waals surface area (Å²) in [6.45, 7) is 3.64. The Kier molecular flexibility index (Phi) is 7.25. The lowest BCUT2D eigenvalue weighted by atomic mass is 9.96. The van der Waals surface area contributed by atoms with Crippen molar-refractivity contribution in [2.45, 2.75) is 32.9 Å². The zero-order valence-corrected chi connectivity index (χ0v) is 19.7. The Morgan fingerprint density at radius 1 is 1.06 bits per heavy atom. The van der Waals surface area contributed by atoms with Crippen LogP contribution in [0.25, 0.3) is 11.1 Å². The van der Waals surface area contributed by atoms with E-state index in [1.807, 2.05) is 35.1 Å². The highest BCUT2D eigenvalue weighted by atomic mass is 32.2. The molecule has 8 heteroatoms. The van der Waals surface area contributed by atoms with Crippen LogP contribution in [0.1, 0.15) is 30.9 Å². The van der Waals surface area contributed by atoms with Gasteiger partial charge in [-0.1, -0.05) is 48.5 Å². The molecule has 1 amide bonds. The molecule has 0 atom stereocenters. The first-order valence-corrected chi connectivity index (χ1v) is 13.0. The van der Waals surface area contributed by atoms with Crippen molar-refractivity contribution in [3.63, 3.8) is 0 Å². The molecule has 0 spiro atoms. The fourth-order valence-electron chi connectivity index (χ4n) is 4.23. The molecule has 174 valence electrons. The van der Waals surface area contributed by atoms with Crippen LogP contribution in [0.5, 0.6) is 0 Å². The normalized spacial score (nSPS) is 15.4. The highest BCUT2D eigenvalue weighted by Gasteiger charge is 2.30. The van der Waals surface area contributed by atoms with Crippen LogP contribution in [0, 0.1) is 5.92 Å². The Morgan fingerprint density at radius 2 is 1.79 bits per heavy atom. The first-order valence-electron chi connectivity index (χ1n) is 11.4. The Morgan fingerprint density at radius 3 is 2.45 bits per heavy atom. The summed E-state index contributed by atoms with van der Waals surface area (Å²) in [7, 11) is -3.18. The van der Waals surface area contributed by atoms with Gasteiger partial charge in [-0.15, -0.1) is 0 Å². The van der Waals surface area contributed by atoms with Gasteiger partial charge in [0.15, 0.2) is 0 Å². The van der Waals surface area contributed by atoms with Crippen LogP contribution < -0.4 is 5.32 Å². The molecule has 1 fully saturated rings. The molecule has 1 saturated heterocycles. The van der Waals surface area contributed by atoms with Crippen LogP contribution >= 0.6 is 0 Å². The number of carbonyl (C=O) groups is 1. The quantitative estimate of drug-likeness (QED) is 0.552. The highest BCUT2D eigenvalue weighted by molar-refractivity contribution is 7.89. The number of nitrogens with zero attached hydrogens (tertiary/aromatic N) is 3. The number of nitrogens with one attached hydrogen (secondary N) is 1. The summed E-state index contributed by atoms with van der Waals surface area (Å²) in [4.78, 5) is 12.8. The molecule has 0 unspecified atom stereocenters. The van der Waals surface area contributed by atoms with Gasteiger partial charge in [0.25, 0.3) is 0 Å². The van der Waals surface area contributed by atoms with E-state index in [9.17, 15) is 13.2 Å². The van der Waals surface area contributed by atoms with E-state index in [0.717, 1.165) is 23.2 Å². The molecule has 0 bridgehead atoms. The minimum atomic E-state index is -3.18. The molecular weight excluding hydrogens is 436 g/mol. The monoisotopic (exact) mass is 466 g/mol. The lowest BCUT2D eigenvalue weighted by molar-refractivity contribution is -0.126. The number of carbonyl (C=O) groups excluding carboxylic acids is 1. The number of hydrogen-bond acceptors (Lipinski definition) is 4. The number of hydrogen-bond donors (Lipinski definition) is 1. The third-order valence-corrected chi connectivity index (χ3v) is 8.10. The van der Waals surface area contributed by atoms with Crippen LogP contribution in [0.2, 0.25) is 0 Å². The second kappa shape index (κ2) is 10.3. The fourth-order valence-corrected chi connectivity index (χ4v) is 5.36. The van der Waals surface area contributed by atoms with Crippen molar-refractivity contribution in [2.75, 3.05) is 18.8 Å².